The van der Waals surface area contributed by atoms with E-state index >= 15 is 0 Å². The lowest BCUT2D eigenvalue weighted by atomic mass is 9.42. The smallest absolute Gasteiger partial charge is 0.161 e. The van der Waals surface area contributed by atoms with Crippen LogP contribution in [0.15, 0.2) is 24.3 Å². The molecule has 90 heavy (non-hydrogen) atoms. The molecule has 26 aromatic rings. The van der Waals surface area contributed by atoms with Gasteiger partial charge in [-0.05, 0) is 376 Å². The molecule has 0 radical (unpaired) electrons. The van der Waals surface area contributed by atoms with Gasteiger partial charge in [0.15, 0.2) is 23.0 Å². The van der Waals surface area contributed by atoms with Crippen LogP contribution in [-0.4, -0.2) is 52.9 Å². The van der Waals surface area contributed by atoms with E-state index in [1.807, 2.05) is 0 Å². The molecule has 6 heteroatoms. The summed E-state index contributed by atoms with van der Waals surface area (Å²) in [5.74, 6) is 3.28. The quantitative estimate of drug-likeness (QED) is 0.141. The second kappa shape index (κ2) is 9.32. The predicted octanol–water partition coefficient (Wildman–Crippen LogP) is 18.0. The number of rotatable bonds is 0. The van der Waals surface area contributed by atoms with E-state index in [4.69, 9.17) is 28.4 Å². The van der Waals surface area contributed by atoms with Crippen molar-refractivity contribution in [3.63, 3.8) is 0 Å². The zero-order chi connectivity index (χ0) is 54.5. The molecule has 26 aromatic carbocycles. The van der Waals surface area contributed by atoms with Gasteiger partial charge < -0.3 is 28.4 Å². The Morgan fingerprint density at radius 3 is 0.544 bits per heavy atom. The molecule has 0 aromatic heterocycles. The summed E-state index contributed by atoms with van der Waals surface area (Å²) in [6.07, 6.45) is 3.69. The summed E-state index contributed by atoms with van der Waals surface area (Å²) in [6, 6.07) is 9.94. The Kier molecular flexibility index (Phi) is 3.87. The average Bonchev–Trinajstić information content (AvgIpc) is 1.38. The summed E-state index contributed by atoms with van der Waals surface area (Å²) >= 11 is 0. The number of ether oxygens (including phenoxy) is 6. The third-order valence-electron chi connectivity index (χ3n) is 31.2. The summed E-state index contributed by atoms with van der Waals surface area (Å²) in [5.41, 5.74) is 21.4. The van der Waals surface area contributed by atoms with Gasteiger partial charge in [0.25, 0.3) is 0 Å². The van der Waals surface area contributed by atoms with Crippen molar-refractivity contribution in [2.45, 2.75) is 47.3 Å². The van der Waals surface area contributed by atoms with Crippen LogP contribution in [0.1, 0.15) is 66.8 Å². The summed E-state index contributed by atoms with van der Waals surface area (Å²) in [7, 11) is 0. The molecular weight excluding hydrogens is 1100 g/mol. The molecule has 6 nitrogen and oxygen atoms in total. The minimum atomic E-state index is -0.411. The van der Waals surface area contributed by atoms with Gasteiger partial charge in [-0.2, -0.15) is 0 Å². The first kappa shape index (κ1) is 37.3. The van der Waals surface area contributed by atoms with Gasteiger partial charge in [0.05, 0.1) is 26.4 Å². The Hall–Kier alpha value is -9.72. The molecule has 4 atom stereocenters. The monoisotopic (exact) mass is 1130 g/mol. The Morgan fingerprint density at radius 1 is 0.178 bits per heavy atom. The molecule has 10 aliphatic carbocycles. The Morgan fingerprint density at radius 2 is 0.333 bits per heavy atom. The zero-order valence-electron chi connectivity index (χ0n) is 47.2. The van der Waals surface area contributed by atoms with Crippen LogP contribution in [0.3, 0.4) is 0 Å². The zero-order valence-corrected chi connectivity index (χ0v) is 47.2. The first-order chi connectivity index (χ1) is 44.8. The van der Waals surface area contributed by atoms with Crippen LogP contribution < -0.4 is 18.9 Å². The Bertz CT molecular complexity index is 8100. The SMILES string of the molecule is c1c2c3cc4c1OCCOCCOc1cc5c(cc1OCCOCCO4)CC14c6c7c8c9c%10c%11c%12c%13c%14c%15c%16c(c-7c7c%17c%18c(c%19c%20c1c1c6c9c6c%10c9c%12c%10c%12c%13c%13c%15c(c%16%17)c%15c%18c%16c%19c%17c%20c%18c1c6c1c9c%10c6c(c%181)c%17c1c%16c%15c%13c%12c16)C74C5)C8(C2)C%14%11C3. The summed E-state index contributed by atoms with van der Waals surface area (Å²) in [6.45, 7) is 3.42. The first-order valence-corrected chi connectivity index (χ1v) is 33.8. The van der Waals surface area contributed by atoms with E-state index in [0.29, 0.717) is 52.9 Å². The highest BCUT2D eigenvalue weighted by atomic mass is 16.6. The van der Waals surface area contributed by atoms with Crippen LogP contribution in [0.5, 0.6) is 23.0 Å². The van der Waals surface area contributed by atoms with E-state index in [-0.39, 0.29) is 0 Å². The predicted molar refractivity (Wildman–Crippen MR) is 357 cm³/mol. The summed E-state index contributed by atoms with van der Waals surface area (Å²) in [5, 5.41) is 75.7. The third kappa shape index (κ3) is 2.33. The van der Waals surface area contributed by atoms with Crippen molar-refractivity contribution in [2.75, 3.05) is 52.9 Å². The van der Waals surface area contributed by atoms with Crippen LogP contribution in [-0.2, 0) is 56.8 Å². The van der Waals surface area contributed by atoms with Gasteiger partial charge in [-0.25, -0.2) is 0 Å². The van der Waals surface area contributed by atoms with Gasteiger partial charge in [-0.15, -0.1) is 0 Å². The van der Waals surface area contributed by atoms with Gasteiger partial charge in [-0.1, -0.05) is 0 Å². The van der Waals surface area contributed by atoms with Crippen molar-refractivity contribution >= 4 is 248 Å². The molecule has 11 aliphatic rings. The minimum Gasteiger partial charge on any atom is -0.487 e. The fourth-order valence-corrected chi connectivity index (χ4v) is 30.5. The lowest BCUT2D eigenvalue weighted by Gasteiger charge is -2.58. The molecule has 1 heterocycles. The van der Waals surface area contributed by atoms with Crippen LogP contribution in [0, 0.1) is 0 Å². The largest absolute Gasteiger partial charge is 0.487 e. The molecule has 400 valence electrons. The fraction of sp³-hybridized carbons (Fsp3) is 0.190. The normalized spacial score (nSPS) is 26.1. The molecule has 0 N–H and O–H groups in total. The lowest BCUT2D eigenvalue weighted by Crippen LogP contribution is -2.57. The molecule has 4 spiro atoms. The molecule has 0 saturated carbocycles. The second-order valence-corrected chi connectivity index (χ2v) is 32.1. The minimum absolute atomic E-state index is 0.398. The lowest BCUT2D eigenvalue weighted by molar-refractivity contribution is 0.0638. The summed E-state index contributed by atoms with van der Waals surface area (Å²) in [4.78, 5) is 0. The molecule has 1 aliphatic heterocycles. The first-order valence-electron chi connectivity index (χ1n) is 33.8. The molecule has 37 rings (SSSR count). The van der Waals surface area contributed by atoms with Gasteiger partial charge in [0, 0.05) is 21.7 Å². The van der Waals surface area contributed by atoms with Crippen molar-refractivity contribution < 1.29 is 28.4 Å². The Labute approximate surface area is 498 Å². The second-order valence-electron chi connectivity index (χ2n) is 32.1. The number of hydrogen-bond acceptors (Lipinski definition) is 6. The molecule has 4 unspecified atom stereocenters. The van der Waals surface area contributed by atoms with Gasteiger partial charge in [-0.3, -0.25) is 0 Å². The average molecular weight is 1130 g/mol. The number of hydrogen-bond donors (Lipinski definition) is 0. The fourth-order valence-electron chi connectivity index (χ4n) is 30.5. The maximum Gasteiger partial charge on any atom is 0.161 e. The standard InChI is InChI=1S/C84H28O6/c1-5-87-21-9-17-13-81-73-59-49-38-29-25-26-28-33-27(25)34-31-36(29)44(49)55-47-40(31)51-42(34)53-46(33)54-43-35(28)32-37-30(26)39(38)50-45(37)56-48-41(32)52(43)64-68-58(48)70(66(56)74(81)60(50)59)80-72-71-77-67-57(47)69(65(55)73)79(71)84(80,81)16-20(17)12-24(21)90-8-4-86-3-7-89-23-11-19-15-83(78(68)72)76(64)62(54)61(53)75(63(51)67)82(77,83)14-18(19)10-22(23)88-6-2-85-1/h9-12H,1-8,13-16H2. The van der Waals surface area contributed by atoms with Crippen LogP contribution in [0.25, 0.3) is 259 Å². The van der Waals surface area contributed by atoms with E-state index in [1.54, 1.807) is 303 Å². The molecule has 0 bridgehead atoms. The van der Waals surface area contributed by atoms with Gasteiger partial charge >= 0.3 is 0 Å². The maximum absolute atomic E-state index is 7.08. The van der Waals surface area contributed by atoms with E-state index in [1.165, 1.54) is 22.3 Å². The molecular formula is C84H28O6. The highest BCUT2D eigenvalue weighted by Gasteiger charge is 2.77. The van der Waals surface area contributed by atoms with E-state index in [0.717, 1.165) is 48.7 Å². The third-order valence-corrected chi connectivity index (χ3v) is 31.2. The van der Waals surface area contributed by atoms with E-state index < -0.39 is 21.7 Å². The van der Waals surface area contributed by atoms with Crippen LogP contribution in [0.2, 0.25) is 0 Å². The highest BCUT2D eigenvalue weighted by molar-refractivity contribution is 6.79. The van der Waals surface area contributed by atoms with E-state index in [2.05, 4.69) is 24.3 Å². The molecule has 0 saturated heterocycles. The van der Waals surface area contributed by atoms with Crippen molar-refractivity contribution in [3.05, 3.63) is 91.0 Å². The molecule has 0 fully saturated rings. The molecule has 0 amide bonds. The number of benzene rings is 18. The van der Waals surface area contributed by atoms with Crippen molar-refractivity contribution in [2.24, 2.45) is 0 Å². The van der Waals surface area contributed by atoms with Crippen LogP contribution in [0.4, 0.5) is 0 Å². The van der Waals surface area contributed by atoms with Gasteiger partial charge in [0.2, 0.25) is 0 Å². The van der Waals surface area contributed by atoms with Crippen molar-refractivity contribution in [1.82, 2.24) is 0 Å². The van der Waals surface area contributed by atoms with Crippen LogP contribution >= 0.6 is 0 Å². The highest BCUT2D eigenvalue weighted by Crippen LogP contribution is 2.90. The topological polar surface area (TPSA) is 55.4 Å². The van der Waals surface area contributed by atoms with Crippen molar-refractivity contribution in [1.29, 1.82) is 0 Å². The maximum atomic E-state index is 7.08. The van der Waals surface area contributed by atoms with Gasteiger partial charge in [0.1, 0.15) is 26.4 Å². The summed E-state index contributed by atoms with van der Waals surface area (Å²) < 4.78 is 41.2. The number of fused-ring (bicyclic) bond motifs is 4. The van der Waals surface area contributed by atoms with Crippen molar-refractivity contribution in [3.8, 4) is 34.1 Å². The Balaban J connectivity index is 0.948. The van der Waals surface area contributed by atoms with E-state index in [9.17, 15) is 0 Å².